The van der Waals surface area contributed by atoms with Gasteiger partial charge in [0.1, 0.15) is 11.4 Å². The van der Waals surface area contributed by atoms with E-state index in [1.165, 1.54) is 0 Å². The number of fused-ring (bicyclic) bond motifs is 1. The Morgan fingerprint density at radius 1 is 1.32 bits per heavy atom. The van der Waals surface area contributed by atoms with Crippen LogP contribution in [-0.2, 0) is 4.79 Å². The van der Waals surface area contributed by atoms with E-state index in [9.17, 15) is 4.79 Å². The summed E-state index contributed by atoms with van der Waals surface area (Å²) in [6.07, 6.45) is 3.69. The highest BCUT2D eigenvalue weighted by atomic mass is 16.5. The molecule has 3 aromatic rings. The van der Waals surface area contributed by atoms with Gasteiger partial charge < -0.3 is 15.5 Å². The van der Waals surface area contributed by atoms with Gasteiger partial charge in [-0.1, -0.05) is 12.1 Å². The maximum Gasteiger partial charge on any atom is 0.255 e. The van der Waals surface area contributed by atoms with Crippen LogP contribution in [0.25, 0.3) is 22.2 Å². The third-order valence-corrected chi connectivity index (χ3v) is 2.80. The zero-order chi connectivity index (χ0) is 13.2. The van der Waals surface area contributed by atoms with Crippen LogP contribution in [-0.4, -0.2) is 27.7 Å². The van der Waals surface area contributed by atoms with Crippen LogP contribution in [0.15, 0.2) is 36.7 Å². The standard InChI is InChI=1S/C13H12N4O2/c14-12(18)7-19-11-4-2-1-3-8(11)13-9-5-15-6-10(9)16-17-13/h1-6,15-16H,7H2,(H2,14,18). The van der Waals surface area contributed by atoms with E-state index in [-0.39, 0.29) is 6.61 Å². The molecule has 0 aliphatic rings. The first-order valence-electron chi connectivity index (χ1n) is 5.77. The highest BCUT2D eigenvalue weighted by Crippen LogP contribution is 2.32. The monoisotopic (exact) mass is 256 g/mol. The summed E-state index contributed by atoms with van der Waals surface area (Å²) in [4.78, 5) is 13.8. The Morgan fingerprint density at radius 2 is 2.16 bits per heavy atom. The lowest BCUT2D eigenvalue weighted by atomic mass is 10.1. The molecule has 0 bridgehead atoms. The Morgan fingerprint density at radius 3 is 3.00 bits per heavy atom. The molecule has 0 spiro atoms. The molecule has 6 nitrogen and oxygen atoms in total. The number of aromatic amines is 2. The van der Waals surface area contributed by atoms with E-state index < -0.39 is 5.91 Å². The van der Waals surface area contributed by atoms with Crippen molar-refractivity contribution in [3.63, 3.8) is 0 Å². The van der Waals surface area contributed by atoms with Gasteiger partial charge in [0.25, 0.3) is 5.91 Å². The summed E-state index contributed by atoms with van der Waals surface area (Å²) in [6, 6.07) is 7.39. The van der Waals surface area contributed by atoms with Crippen molar-refractivity contribution in [3.8, 4) is 17.0 Å². The normalized spacial score (nSPS) is 10.7. The number of hydrogen-bond donors (Lipinski definition) is 3. The minimum absolute atomic E-state index is 0.155. The minimum Gasteiger partial charge on any atom is -0.483 e. The van der Waals surface area contributed by atoms with E-state index >= 15 is 0 Å². The van der Waals surface area contributed by atoms with Crippen LogP contribution in [0.5, 0.6) is 5.75 Å². The Bertz CT molecular complexity index is 729. The number of amides is 1. The Balaban J connectivity index is 2.05. The number of carbonyl (C=O) groups is 1. The summed E-state index contributed by atoms with van der Waals surface area (Å²) in [5.74, 6) is 0.0690. The number of nitrogens with two attached hydrogens (primary N) is 1. The van der Waals surface area contributed by atoms with Gasteiger partial charge in [0.2, 0.25) is 0 Å². The van der Waals surface area contributed by atoms with E-state index in [1.54, 1.807) is 6.07 Å². The number of primary amides is 1. The van der Waals surface area contributed by atoms with Gasteiger partial charge in [0, 0.05) is 23.3 Å². The predicted octanol–water partition coefficient (Wildman–Crippen LogP) is 1.42. The lowest BCUT2D eigenvalue weighted by Gasteiger charge is -2.08. The second-order valence-corrected chi connectivity index (χ2v) is 4.11. The van der Waals surface area contributed by atoms with Crippen molar-refractivity contribution in [2.45, 2.75) is 0 Å². The van der Waals surface area contributed by atoms with Gasteiger partial charge in [0.15, 0.2) is 6.61 Å². The molecule has 0 saturated carbocycles. The molecule has 4 N–H and O–H groups in total. The van der Waals surface area contributed by atoms with E-state index in [0.29, 0.717) is 5.75 Å². The van der Waals surface area contributed by atoms with E-state index in [0.717, 1.165) is 22.2 Å². The molecule has 0 unspecified atom stereocenters. The lowest BCUT2D eigenvalue weighted by molar-refractivity contribution is -0.119. The summed E-state index contributed by atoms with van der Waals surface area (Å²) in [5.41, 5.74) is 7.60. The second kappa shape index (κ2) is 4.49. The smallest absolute Gasteiger partial charge is 0.255 e. The Labute approximate surface area is 108 Å². The average molecular weight is 256 g/mol. The molecule has 0 saturated heterocycles. The summed E-state index contributed by atoms with van der Waals surface area (Å²) < 4.78 is 5.41. The van der Waals surface area contributed by atoms with Gasteiger partial charge in [-0.15, -0.1) is 0 Å². The van der Waals surface area contributed by atoms with E-state index in [2.05, 4.69) is 15.2 Å². The molecule has 96 valence electrons. The molecular weight excluding hydrogens is 244 g/mol. The first-order chi connectivity index (χ1) is 9.25. The number of rotatable bonds is 4. The first-order valence-corrected chi connectivity index (χ1v) is 5.77. The van der Waals surface area contributed by atoms with Crippen LogP contribution in [0.2, 0.25) is 0 Å². The molecule has 0 atom stereocenters. The first kappa shape index (κ1) is 11.3. The maximum absolute atomic E-state index is 10.8. The second-order valence-electron chi connectivity index (χ2n) is 4.11. The number of ether oxygens (including phenoxy) is 1. The van der Waals surface area contributed by atoms with Crippen LogP contribution in [0.1, 0.15) is 0 Å². The number of para-hydroxylation sites is 1. The van der Waals surface area contributed by atoms with Gasteiger partial charge >= 0.3 is 0 Å². The van der Waals surface area contributed by atoms with Crippen molar-refractivity contribution in [1.82, 2.24) is 15.2 Å². The van der Waals surface area contributed by atoms with Gasteiger partial charge in [0.05, 0.1) is 5.52 Å². The summed E-state index contributed by atoms with van der Waals surface area (Å²) in [6.45, 7) is -0.155. The zero-order valence-corrected chi connectivity index (χ0v) is 10.0. The number of aromatic nitrogens is 3. The summed E-state index contributed by atoms with van der Waals surface area (Å²) in [5, 5.41) is 8.17. The third kappa shape index (κ3) is 2.03. The van der Waals surface area contributed by atoms with Gasteiger partial charge in [-0.25, -0.2) is 0 Å². The molecule has 1 aromatic carbocycles. The molecule has 0 aliphatic heterocycles. The highest BCUT2D eigenvalue weighted by Gasteiger charge is 2.13. The van der Waals surface area contributed by atoms with Crippen molar-refractivity contribution in [2.75, 3.05) is 6.61 Å². The van der Waals surface area contributed by atoms with Crippen LogP contribution < -0.4 is 10.5 Å². The number of nitrogens with one attached hydrogen (secondary N) is 2. The van der Waals surface area contributed by atoms with Crippen molar-refractivity contribution in [3.05, 3.63) is 36.7 Å². The number of H-pyrrole nitrogens is 2. The van der Waals surface area contributed by atoms with Crippen molar-refractivity contribution in [2.24, 2.45) is 5.73 Å². The zero-order valence-electron chi connectivity index (χ0n) is 10.0. The van der Waals surface area contributed by atoms with Gasteiger partial charge in [-0.3, -0.25) is 9.89 Å². The summed E-state index contributed by atoms with van der Waals surface area (Å²) >= 11 is 0. The number of carbonyl (C=O) groups excluding carboxylic acids is 1. The largest absolute Gasteiger partial charge is 0.483 e. The molecule has 0 fully saturated rings. The molecule has 2 aromatic heterocycles. The minimum atomic E-state index is -0.511. The van der Waals surface area contributed by atoms with Crippen molar-refractivity contribution in [1.29, 1.82) is 0 Å². The summed E-state index contributed by atoms with van der Waals surface area (Å²) in [7, 11) is 0. The quantitative estimate of drug-likeness (QED) is 0.658. The maximum atomic E-state index is 10.8. The van der Waals surface area contributed by atoms with Crippen LogP contribution >= 0.6 is 0 Å². The predicted molar refractivity (Wildman–Crippen MR) is 70.6 cm³/mol. The fourth-order valence-electron chi connectivity index (χ4n) is 1.97. The topological polar surface area (TPSA) is 96.8 Å². The Kier molecular flexibility index (Phi) is 2.68. The fourth-order valence-corrected chi connectivity index (χ4v) is 1.97. The molecule has 2 heterocycles. The lowest BCUT2D eigenvalue weighted by Crippen LogP contribution is -2.20. The molecule has 3 rings (SSSR count). The van der Waals surface area contributed by atoms with Crippen molar-refractivity contribution >= 4 is 16.8 Å². The van der Waals surface area contributed by atoms with Crippen molar-refractivity contribution < 1.29 is 9.53 Å². The molecule has 0 radical (unpaired) electrons. The Hall–Kier alpha value is -2.76. The van der Waals surface area contributed by atoms with Gasteiger partial charge in [-0.05, 0) is 12.1 Å². The number of hydrogen-bond acceptors (Lipinski definition) is 3. The highest BCUT2D eigenvalue weighted by molar-refractivity contribution is 5.94. The van der Waals surface area contributed by atoms with E-state index in [4.69, 9.17) is 10.5 Å². The van der Waals surface area contributed by atoms with E-state index in [1.807, 2.05) is 30.6 Å². The number of benzene rings is 1. The van der Waals surface area contributed by atoms with Gasteiger partial charge in [-0.2, -0.15) is 5.10 Å². The number of nitrogens with zero attached hydrogens (tertiary/aromatic N) is 1. The SMILES string of the molecule is NC(=O)COc1ccccc1-c1n[nH]c2c[nH]cc12. The average Bonchev–Trinajstić information content (AvgIpc) is 2.99. The van der Waals surface area contributed by atoms with Crippen LogP contribution in [0.3, 0.4) is 0 Å². The molecule has 6 heteroatoms. The van der Waals surface area contributed by atoms with Crippen LogP contribution in [0.4, 0.5) is 0 Å². The molecule has 0 aliphatic carbocycles. The fraction of sp³-hybridized carbons (Fsp3) is 0.0769. The third-order valence-electron chi connectivity index (χ3n) is 2.80. The molecule has 19 heavy (non-hydrogen) atoms. The molecular formula is C13H12N4O2. The van der Waals surface area contributed by atoms with Crippen LogP contribution in [0, 0.1) is 0 Å². The molecule has 1 amide bonds.